The lowest BCUT2D eigenvalue weighted by Crippen LogP contribution is -1.80. The topological polar surface area (TPSA) is 0 Å². The summed E-state index contributed by atoms with van der Waals surface area (Å²) in [6.07, 6.45) is 0. The van der Waals surface area contributed by atoms with Gasteiger partial charge in [0.05, 0.1) is 0 Å². The van der Waals surface area contributed by atoms with Crippen molar-refractivity contribution in [2.24, 2.45) is 0 Å². The Morgan fingerprint density at radius 1 is 0.933 bits per heavy atom. The van der Waals surface area contributed by atoms with E-state index in [1.807, 2.05) is 36.4 Å². The van der Waals surface area contributed by atoms with Crippen LogP contribution in [0.1, 0.15) is 0 Å². The maximum absolute atomic E-state index is 13.5. The van der Waals surface area contributed by atoms with Crippen molar-refractivity contribution < 1.29 is 4.39 Å². The van der Waals surface area contributed by atoms with E-state index in [9.17, 15) is 4.39 Å². The van der Waals surface area contributed by atoms with E-state index in [-0.39, 0.29) is 5.82 Å². The molecular weight excluding hydrogens is 187 g/mol. The van der Waals surface area contributed by atoms with E-state index >= 15 is 0 Å². The summed E-state index contributed by atoms with van der Waals surface area (Å²) in [5, 5.41) is 3.64. The highest BCUT2D eigenvalue weighted by Gasteiger charge is 2.01. The van der Waals surface area contributed by atoms with Gasteiger partial charge in [-0.05, 0) is 40.4 Å². The maximum atomic E-state index is 13.5. The Balaban J connectivity index is 2.53. The summed E-state index contributed by atoms with van der Waals surface area (Å²) in [5.41, 5.74) is 0. The zero-order valence-electron chi connectivity index (χ0n) is 8.00. The average molecular weight is 195 g/mol. The SMILES string of the molecule is Fc1cccc2cc3ccc[c]c3cc12. The lowest BCUT2D eigenvalue weighted by atomic mass is 10.0. The minimum atomic E-state index is -0.174. The van der Waals surface area contributed by atoms with Crippen LogP contribution in [0.25, 0.3) is 21.5 Å². The largest absolute Gasteiger partial charge is 0.206 e. The van der Waals surface area contributed by atoms with Gasteiger partial charge >= 0.3 is 0 Å². The molecule has 3 rings (SSSR count). The molecule has 0 aromatic heterocycles. The van der Waals surface area contributed by atoms with E-state index < -0.39 is 0 Å². The van der Waals surface area contributed by atoms with Crippen molar-refractivity contribution in [1.82, 2.24) is 0 Å². The van der Waals surface area contributed by atoms with Gasteiger partial charge in [-0.3, -0.25) is 0 Å². The van der Waals surface area contributed by atoms with Crippen LogP contribution in [0.15, 0.2) is 48.5 Å². The highest BCUT2D eigenvalue weighted by molar-refractivity contribution is 5.98. The Morgan fingerprint density at radius 3 is 2.73 bits per heavy atom. The zero-order valence-corrected chi connectivity index (χ0v) is 8.00. The molecule has 1 heteroatoms. The molecule has 0 fully saturated rings. The quantitative estimate of drug-likeness (QED) is 0.477. The predicted molar refractivity (Wildman–Crippen MR) is 60.2 cm³/mol. The summed E-state index contributed by atoms with van der Waals surface area (Å²) in [5.74, 6) is -0.174. The molecule has 0 saturated carbocycles. The number of hydrogen-bond acceptors (Lipinski definition) is 0. The van der Waals surface area contributed by atoms with Gasteiger partial charge in [0.15, 0.2) is 0 Å². The normalized spacial score (nSPS) is 11.0. The molecule has 0 atom stereocenters. The third-order valence-electron chi connectivity index (χ3n) is 2.61. The number of fused-ring (bicyclic) bond motifs is 2. The monoisotopic (exact) mass is 195 g/mol. The smallest absolute Gasteiger partial charge is 0.131 e. The van der Waals surface area contributed by atoms with E-state index in [1.165, 1.54) is 6.07 Å². The van der Waals surface area contributed by atoms with Gasteiger partial charge in [0, 0.05) is 5.39 Å². The predicted octanol–water partition coefficient (Wildman–Crippen LogP) is 3.93. The van der Waals surface area contributed by atoms with Crippen LogP contribution in [0.4, 0.5) is 4.39 Å². The maximum Gasteiger partial charge on any atom is 0.131 e. The van der Waals surface area contributed by atoms with Crippen molar-refractivity contribution in [3.05, 3.63) is 60.4 Å². The number of benzene rings is 3. The van der Waals surface area contributed by atoms with Crippen LogP contribution in [0.5, 0.6) is 0 Å². The van der Waals surface area contributed by atoms with Gasteiger partial charge in [-0.2, -0.15) is 0 Å². The molecule has 3 aromatic carbocycles. The molecule has 0 saturated heterocycles. The molecular formula is C14H8F. The van der Waals surface area contributed by atoms with Crippen LogP contribution < -0.4 is 0 Å². The van der Waals surface area contributed by atoms with E-state index in [1.54, 1.807) is 6.07 Å². The molecule has 0 bridgehead atoms. The first-order chi connectivity index (χ1) is 7.34. The standard InChI is InChI=1S/C14H8F/c15-14-7-3-6-12-8-10-4-1-2-5-11(10)9-13(12)14/h1-4,6-9H. The Morgan fingerprint density at radius 2 is 1.80 bits per heavy atom. The number of rotatable bonds is 0. The van der Waals surface area contributed by atoms with Crippen LogP contribution >= 0.6 is 0 Å². The molecule has 0 aliphatic carbocycles. The number of hydrogen-bond donors (Lipinski definition) is 0. The molecule has 0 unspecified atom stereocenters. The minimum absolute atomic E-state index is 0.174. The van der Waals surface area contributed by atoms with Crippen molar-refractivity contribution in [2.75, 3.05) is 0 Å². The van der Waals surface area contributed by atoms with Gasteiger partial charge in [0.25, 0.3) is 0 Å². The second-order valence-electron chi connectivity index (χ2n) is 3.57. The fourth-order valence-corrected chi connectivity index (χ4v) is 1.86. The van der Waals surface area contributed by atoms with Crippen LogP contribution in [0.2, 0.25) is 0 Å². The van der Waals surface area contributed by atoms with Crippen molar-refractivity contribution in [3.63, 3.8) is 0 Å². The van der Waals surface area contributed by atoms with Crippen molar-refractivity contribution in [2.45, 2.75) is 0 Å². The van der Waals surface area contributed by atoms with Gasteiger partial charge in [-0.25, -0.2) is 4.39 Å². The fourth-order valence-electron chi connectivity index (χ4n) is 1.86. The Labute approximate surface area is 87.0 Å². The fraction of sp³-hybridized carbons (Fsp3) is 0. The van der Waals surface area contributed by atoms with Crippen LogP contribution in [-0.2, 0) is 0 Å². The Kier molecular flexibility index (Phi) is 1.72. The lowest BCUT2D eigenvalue weighted by Gasteiger charge is -2.02. The second kappa shape index (κ2) is 3.06. The highest BCUT2D eigenvalue weighted by Crippen LogP contribution is 2.24. The van der Waals surface area contributed by atoms with Gasteiger partial charge in [-0.1, -0.05) is 30.3 Å². The van der Waals surface area contributed by atoms with E-state index in [4.69, 9.17) is 0 Å². The van der Waals surface area contributed by atoms with Gasteiger partial charge in [0.2, 0.25) is 0 Å². The zero-order chi connectivity index (χ0) is 10.3. The van der Waals surface area contributed by atoms with Crippen LogP contribution in [-0.4, -0.2) is 0 Å². The first-order valence-corrected chi connectivity index (χ1v) is 4.83. The van der Waals surface area contributed by atoms with Crippen molar-refractivity contribution in [1.29, 1.82) is 0 Å². The van der Waals surface area contributed by atoms with E-state index in [0.717, 1.165) is 16.2 Å². The first-order valence-electron chi connectivity index (χ1n) is 4.83. The molecule has 0 heterocycles. The molecule has 15 heavy (non-hydrogen) atoms. The molecule has 0 aliphatic heterocycles. The third kappa shape index (κ3) is 1.28. The van der Waals surface area contributed by atoms with Gasteiger partial charge < -0.3 is 0 Å². The van der Waals surface area contributed by atoms with Crippen molar-refractivity contribution >= 4 is 21.5 Å². The summed E-state index contributed by atoms with van der Waals surface area (Å²) >= 11 is 0. The molecule has 0 nitrogen and oxygen atoms in total. The number of halogens is 1. The molecule has 1 radical (unpaired) electrons. The summed E-state index contributed by atoms with van der Waals surface area (Å²) in [6, 6.07) is 17.9. The van der Waals surface area contributed by atoms with Crippen molar-refractivity contribution in [3.8, 4) is 0 Å². The average Bonchev–Trinajstić information content (AvgIpc) is 2.27. The minimum Gasteiger partial charge on any atom is -0.206 e. The second-order valence-corrected chi connectivity index (χ2v) is 3.57. The molecule has 3 aromatic rings. The molecule has 0 aliphatic rings. The summed E-state index contributed by atoms with van der Waals surface area (Å²) in [7, 11) is 0. The van der Waals surface area contributed by atoms with E-state index in [2.05, 4.69) is 6.07 Å². The van der Waals surface area contributed by atoms with Crippen LogP contribution in [0.3, 0.4) is 0 Å². The first kappa shape index (κ1) is 8.42. The van der Waals surface area contributed by atoms with Gasteiger partial charge in [-0.15, -0.1) is 0 Å². The summed E-state index contributed by atoms with van der Waals surface area (Å²) in [6.45, 7) is 0. The molecule has 71 valence electrons. The Bertz CT molecular complexity index is 641. The van der Waals surface area contributed by atoms with E-state index in [0.29, 0.717) is 5.39 Å². The lowest BCUT2D eigenvalue weighted by molar-refractivity contribution is 0.640. The van der Waals surface area contributed by atoms with Gasteiger partial charge in [0.1, 0.15) is 5.82 Å². The van der Waals surface area contributed by atoms with Crippen LogP contribution in [0, 0.1) is 11.9 Å². The third-order valence-corrected chi connectivity index (χ3v) is 2.61. The molecule has 0 amide bonds. The summed E-state index contributed by atoms with van der Waals surface area (Å²) < 4.78 is 13.5. The molecule has 0 spiro atoms. The summed E-state index contributed by atoms with van der Waals surface area (Å²) in [4.78, 5) is 0. The molecule has 0 N–H and O–H groups in total. The Hall–Kier alpha value is -1.89. The highest BCUT2D eigenvalue weighted by atomic mass is 19.1.